The molecule has 0 bridgehead atoms. The number of anilines is 1. The van der Waals surface area contributed by atoms with Crippen LogP contribution >= 0.6 is 0 Å². The van der Waals surface area contributed by atoms with Crippen LogP contribution in [0.5, 0.6) is 0 Å². The molecule has 0 radical (unpaired) electrons. The van der Waals surface area contributed by atoms with E-state index in [4.69, 9.17) is 5.73 Å². The van der Waals surface area contributed by atoms with Gasteiger partial charge in [0.1, 0.15) is 0 Å². The van der Waals surface area contributed by atoms with E-state index in [9.17, 15) is 4.79 Å². The molecule has 0 atom stereocenters. The zero-order chi connectivity index (χ0) is 13.0. The van der Waals surface area contributed by atoms with Crippen molar-refractivity contribution in [1.82, 2.24) is 10.2 Å². The lowest BCUT2D eigenvalue weighted by molar-refractivity contribution is -0.122. The zero-order valence-corrected chi connectivity index (χ0v) is 10.9. The summed E-state index contributed by atoms with van der Waals surface area (Å²) in [6, 6.07) is 7.76. The molecule has 0 unspecified atom stereocenters. The Morgan fingerprint density at radius 2 is 2.06 bits per heavy atom. The van der Waals surface area contributed by atoms with E-state index >= 15 is 0 Å². The first kappa shape index (κ1) is 12.9. The maximum atomic E-state index is 11.7. The third kappa shape index (κ3) is 4.37. The first-order valence-electron chi connectivity index (χ1n) is 6.43. The standard InChI is InChI=1S/C14H21N3O/c1-17(9-12-4-6-13(15)7-5-12)10-14(18)16-8-11-2-3-11/h4-7,11H,2-3,8-10,15H2,1H3,(H,16,18). The summed E-state index contributed by atoms with van der Waals surface area (Å²) < 4.78 is 0. The van der Waals surface area contributed by atoms with Crippen molar-refractivity contribution >= 4 is 11.6 Å². The van der Waals surface area contributed by atoms with Crippen LogP contribution < -0.4 is 11.1 Å². The molecule has 0 aliphatic heterocycles. The van der Waals surface area contributed by atoms with Crippen LogP contribution in [0, 0.1) is 5.92 Å². The third-order valence-electron chi connectivity index (χ3n) is 3.13. The van der Waals surface area contributed by atoms with Gasteiger partial charge in [0.2, 0.25) is 5.91 Å². The van der Waals surface area contributed by atoms with Gasteiger partial charge >= 0.3 is 0 Å². The molecule has 1 aromatic rings. The Balaban J connectivity index is 1.71. The van der Waals surface area contributed by atoms with E-state index < -0.39 is 0 Å². The summed E-state index contributed by atoms with van der Waals surface area (Å²) in [7, 11) is 1.95. The molecule has 0 heterocycles. The van der Waals surface area contributed by atoms with Crippen molar-refractivity contribution in [2.75, 3.05) is 25.9 Å². The molecule has 1 amide bonds. The van der Waals surface area contributed by atoms with Gasteiger partial charge in [-0.25, -0.2) is 0 Å². The average Bonchev–Trinajstić information content (AvgIpc) is 3.13. The lowest BCUT2D eigenvalue weighted by Gasteiger charge is -2.16. The summed E-state index contributed by atoms with van der Waals surface area (Å²) in [5.41, 5.74) is 7.57. The topological polar surface area (TPSA) is 58.4 Å². The minimum Gasteiger partial charge on any atom is -0.399 e. The van der Waals surface area contributed by atoms with Gasteiger partial charge in [-0.3, -0.25) is 9.69 Å². The average molecular weight is 247 g/mol. The highest BCUT2D eigenvalue weighted by molar-refractivity contribution is 5.78. The van der Waals surface area contributed by atoms with Gasteiger partial charge in [-0.15, -0.1) is 0 Å². The Kier molecular flexibility index (Phi) is 4.20. The van der Waals surface area contributed by atoms with Crippen LogP contribution in [0.3, 0.4) is 0 Å². The quantitative estimate of drug-likeness (QED) is 0.743. The Hall–Kier alpha value is -1.55. The van der Waals surface area contributed by atoms with Crippen LogP contribution in [-0.2, 0) is 11.3 Å². The minimum absolute atomic E-state index is 0.111. The van der Waals surface area contributed by atoms with E-state index in [0.717, 1.165) is 24.7 Å². The van der Waals surface area contributed by atoms with E-state index in [0.29, 0.717) is 6.54 Å². The number of nitrogens with two attached hydrogens (primary N) is 1. The van der Waals surface area contributed by atoms with Gasteiger partial charge in [0.05, 0.1) is 6.54 Å². The summed E-state index contributed by atoms with van der Waals surface area (Å²) in [5.74, 6) is 0.844. The number of rotatable bonds is 6. The second-order valence-corrected chi connectivity index (χ2v) is 5.16. The first-order valence-corrected chi connectivity index (χ1v) is 6.43. The van der Waals surface area contributed by atoms with Crippen LogP contribution in [-0.4, -0.2) is 30.9 Å². The highest BCUT2D eigenvalue weighted by atomic mass is 16.2. The molecule has 0 spiro atoms. The minimum atomic E-state index is 0.111. The fourth-order valence-electron chi connectivity index (χ4n) is 1.87. The largest absolute Gasteiger partial charge is 0.399 e. The lowest BCUT2D eigenvalue weighted by Crippen LogP contribution is -2.35. The number of carbonyl (C=O) groups excluding carboxylic acids is 1. The first-order chi connectivity index (χ1) is 8.63. The van der Waals surface area contributed by atoms with Crippen molar-refractivity contribution in [3.8, 4) is 0 Å². The molecule has 2 rings (SSSR count). The predicted octanol–water partition coefficient (Wildman–Crippen LogP) is 1.23. The van der Waals surface area contributed by atoms with Gasteiger partial charge in [0.25, 0.3) is 0 Å². The van der Waals surface area contributed by atoms with Crippen LogP contribution in [0.4, 0.5) is 5.69 Å². The van der Waals surface area contributed by atoms with Gasteiger partial charge in [-0.1, -0.05) is 12.1 Å². The van der Waals surface area contributed by atoms with Gasteiger partial charge in [-0.2, -0.15) is 0 Å². The Morgan fingerprint density at radius 1 is 1.39 bits per heavy atom. The van der Waals surface area contributed by atoms with E-state index in [1.54, 1.807) is 0 Å². The Bertz CT molecular complexity index is 398. The number of hydrogen-bond acceptors (Lipinski definition) is 3. The molecule has 3 N–H and O–H groups in total. The Labute approximate surface area is 108 Å². The van der Waals surface area contributed by atoms with Crippen molar-refractivity contribution < 1.29 is 4.79 Å². The van der Waals surface area contributed by atoms with Crippen molar-refractivity contribution in [2.45, 2.75) is 19.4 Å². The highest BCUT2D eigenvalue weighted by Gasteiger charge is 2.21. The van der Waals surface area contributed by atoms with Crippen LogP contribution in [0.2, 0.25) is 0 Å². The Morgan fingerprint density at radius 3 is 2.67 bits per heavy atom. The van der Waals surface area contributed by atoms with Crippen molar-refractivity contribution in [3.63, 3.8) is 0 Å². The number of likely N-dealkylation sites (N-methyl/N-ethyl adjacent to an activating group) is 1. The van der Waals surface area contributed by atoms with Crippen LogP contribution in [0.1, 0.15) is 18.4 Å². The van der Waals surface area contributed by atoms with Crippen molar-refractivity contribution in [2.24, 2.45) is 5.92 Å². The van der Waals surface area contributed by atoms with E-state index in [1.807, 2.05) is 36.2 Å². The van der Waals surface area contributed by atoms with E-state index in [1.165, 1.54) is 18.4 Å². The normalized spacial score (nSPS) is 14.8. The van der Waals surface area contributed by atoms with E-state index in [2.05, 4.69) is 5.32 Å². The fourth-order valence-corrected chi connectivity index (χ4v) is 1.87. The van der Waals surface area contributed by atoms with E-state index in [-0.39, 0.29) is 5.91 Å². The number of nitrogens with zero attached hydrogens (tertiary/aromatic N) is 1. The maximum Gasteiger partial charge on any atom is 0.234 e. The van der Waals surface area contributed by atoms with Crippen LogP contribution in [0.25, 0.3) is 0 Å². The molecule has 1 saturated carbocycles. The molecular weight excluding hydrogens is 226 g/mol. The summed E-state index contributed by atoms with van der Waals surface area (Å²) >= 11 is 0. The van der Waals surface area contributed by atoms with Crippen LogP contribution in [0.15, 0.2) is 24.3 Å². The molecule has 1 aromatic carbocycles. The predicted molar refractivity (Wildman–Crippen MR) is 72.9 cm³/mol. The monoisotopic (exact) mass is 247 g/mol. The molecule has 98 valence electrons. The molecule has 1 aliphatic rings. The molecular formula is C14H21N3O. The fraction of sp³-hybridized carbons (Fsp3) is 0.500. The molecule has 1 aliphatic carbocycles. The summed E-state index contributed by atoms with van der Waals surface area (Å²) in [6.07, 6.45) is 2.53. The van der Waals surface area contributed by atoms with Gasteiger partial charge in [-0.05, 0) is 43.5 Å². The molecule has 0 saturated heterocycles. The molecule has 4 heteroatoms. The number of nitrogens with one attached hydrogen (secondary N) is 1. The van der Waals surface area contributed by atoms with Crippen molar-refractivity contribution in [3.05, 3.63) is 29.8 Å². The number of amides is 1. The number of nitrogen functional groups attached to an aromatic ring is 1. The SMILES string of the molecule is CN(CC(=O)NCC1CC1)Cc1ccc(N)cc1. The summed E-state index contributed by atoms with van der Waals surface area (Å²) in [4.78, 5) is 13.7. The van der Waals surface area contributed by atoms with Gasteiger partial charge in [0.15, 0.2) is 0 Å². The summed E-state index contributed by atoms with van der Waals surface area (Å²) in [6.45, 7) is 2.04. The highest BCUT2D eigenvalue weighted by Crippen LogP contribution is 2.27. The summed E-state index contributed by atoms with van der Waals surface area (Å²) in [5, 5.41) is 2.97. The molecule has 18 heavy (non-hydrogen) atoms. The van der Waals surface area contributed by atoms with Gasteiger partial charge < -0.3 is 11.1 Å². The molecule has 0 aromatic heterocycles. The third-order valence-corrected chi connectivity index (χ3v) is 3.13. The number of hydrogen-bond donors (Lipinski definition) is 2. The smallest absolute Gasteiger partial charge is 0.234 e. The second kappa shape index (κ2) is 5.87. The second-order valence-electron chi connectivity index (χ2n) is 5.16. The zero-order valence-electron chi connectivity index (χ0n) is 10.9. The number of benzene rings is 1. The number of carbonyl (C=O) groups is 1. The molecule has 4 nitrogen and oxygen atoms in total. The lowest BCUT2D eigenvalue weighted by atomic mass is 10.2. The van der Waals surface area contributed by atoms with Crippen molar-refractivity contribution in [1.29, 1.82) is 0 Å². The molecule has 1 fully saturated rings. The maximum absolute atomic E-state index is 11.7. The van der Waals surface area contributed by atoms with Gasteiger partial charge in [0, 0.05) is 18.8 Å².